The van der Waals surface area contributed by atoms with Gasteiger partial charge in [0.1, 0.15) is 6.04 Å². The zero-order chi connectivity index (χ0) is 13.1. The highest BCUT2D eigenvalue weighted by atomic mass is 16.4. The summed E-state index contributed by atoms with van der Waals surface area (Å²) in [5.74, 6) is -1.20. The Hall–Kier alpha value is -2.11. The summed E-state index contributed by atoms with van der Waals surface area (Å²) in [6.45, 7) is 0.505. The number of carbonyl (C=O) groups is 2. The first-order valence-corrected chi connectivity index (χ1v) is 5.79. The topological polar surface area (TPSA) is 75.4 Å². The van der Waals surface area contributed by atoms with Crippen molar-refractivity contribution in [2.45, 2.75) is 18.9 Å². The molecule has 2 heterocycles. The van der Waals surface area contributed by atoms with E-state index in [1.807, 2.05) is 0 Å². The molecular formula is C12H15N3O3. The van der Waals surface area contributed by atoms with Gasteiger partial charge in [-0.3, -0.25) is 9.48 Å². The fourth-order valence-corrected chi connectivity index (χ4v) is 2.09. The lowest BCUT2D eigenvalue weighted by Gasteiger charge is -2.19. The molecule has 0 bridgehead atoms. The van der Waals surface area contributed by atoms with Gasteiger partial charge in [0.05, 0.1) is 5.69 Å². The first kappa shape index (κ1) is 12.3. The van der Waals surface area contributed by atoms with Crippen molar-refractivity contribution in [3.63, 3.8) is 0 Å². The number of carbonyl (C=O) groups excluding carboxylic acids is 1. The van der Waals surface area contributed by atoms with Gasteiger partial charge < -0.3 is 10.0 Å². The van der Waals surface area contributed by atoms with Crippen LogP contribution >= 0.6 is 0 Å². The first-order valence-electron chi connectivity index (χ1n) is 5.79. The van der Waals surface area contributed by atoms with Gasteiger partial charge in [-0.05, 0) is 25.0 Å². The number of aromatic nitrogens is 2. The van der Waals surface area contributed by atoms with Crippen molar-refractivity contribution in [3.8, 4) is 0 Å². The summed E-state index contributed by atoms with van der Waals surface area (Å²) < 4.78 is 1.64. The lowest BCUT2D eigenvalue weighted by Crippen LogP contribution is -2.39. The van der Waals surface area contributed by atoms with Crippen molar-refractivity contribution in [2.75, 3.05) is 6.54 Å². The van der Waals surface area contributed by atoms with Crippen LogP contribution < -0.4 is 0 Å². The SMILES string of the molecule is Cn1nccc1/C=C\C(=O)N1CCC[C@@H]1C(=O)O. The van der Waals surface area contributed by atoms with Crippen LogP contribution in [-0.2, 0) is 16.6 Å². The smallest absolute Gasteiger partial charge is 0.326 e. The average Bonchev–Trinajstić information content (AvgIpc) is 2.94. The molecule has 0 aliphatic carbocycles. The third kappa shape index (κ3) is 2.42. The van der Waals surface area contributed by atoms with E-state index >= 15 is 0 Å². The van der Waals surface area contributed by atoms with Crippen LogP contribution in [0.5, 0.6) is 0 Å². The molecule has 0 radical (unpaired) electrons. The Morgan fingerprint density at radius 3 is 2.94 bits per heavy atom. The van der Waals surface area contributed by atoms with Gasteiger partial charge in [0, 0.05) is 25.9 Å². The molecule has 1 fully saturated rings. The van der Waals surface area contributed by atoms with E-state index in [0.29, 0.717) is 13.0 Å². The molecule has 0 saturated carbocycles. The van der Waals surface area contributed by atoms with Crippen molar-refractivity contribution in [3.05, 3.63) is 24.0 Å². The largest absolute Gasteiger partial charge is 0.480 e. The Kier molecular flexibility index (Phi) is 3.45. The molecule has 1 aliphatic heterocycles. The van der Waals surface area contributed by atoms with E-state index in [-0.39, 0.29) is 5.91 Å². The van der Waals surface area contributed by atoms with Crippen molar-refractivity contribution in [1.82, 2.24) is 14.7 Å². The predicted octanol–water partition coefficient (Wildman–Crippen LogP) is 0.509. The summed E-state index contributed by atoms with van der Waals surface area (Å²) in [6.07, 6.45) is 5.95. The van der Waals surface area contributed by atoms with E-state index in [2.05, 4.69) is 5.10 Å². The second-order valence-electron chi connectivity index (χ2n) is 4.24. The predicted molar refractivity (Wildman–Crippen MR) is 64.6 cm³/mol. The van der Waals surface area contributed by atoms with Crippen LogP contribution in [0.2, 0.25) is 0 Å². The number of rotatable bonds is 3. The number of hydrogen-bond acceptors (Lipinski definition) is 3. The van der Waals surface area contributed by atoms with Crippen LogP contribution in [-0.4, -0.2) is 44.3 Å². The van der Waals surface area contributed by atoms with Crippen LogP contribution in [0.3, 0.4) is 0 Å². The van der Waals surface area contributed by atoms with Gasteiger partial charge in [0.15, 0.2) is 0 Å². The van der Waals surface area contributed by atoms with Crippen molar-refractivity contribution >= 4 is 18.0 Å². The van der Waals surface area contributed by atoms with Gasteiger partial charge in [-0.15, -0.1) is 0 Å². The Morgan fingerprint density at radius 2 is 2.33 bits per heavy atom. The molecule has 96 valence electrons. The van der Waals surface area contributed by atoms with Gasteiger partial charge in [0.2, 0.25) is 5.91 Å². The molecule has 18 heavy (non-hydrogen) atoms. The molecule has 1 aromatic heterocycles. The molecule has 1 atom stereocenters. The normalized spacial score (nSPS) is 19.6. The molecule has 0 aromatic carbocycles. The lowest BCUT2D eigenvalue weighted by molar-refractivity contribution is -0.146. The summed E-state index contributed by atoms with van der Waals surface area (Å²) in [6, 6.07) is 1.09. The van der Waals surface area contributed by atoms with Crippen molar-refractivity contribution in [1.29, 1.82) is 0 Å². The monoisotopic (exact) mass is 249 g/mol. The van der Waals surface area contributed by atoms with Crippen molar-refractivity contribution in [2.24, 2.45) is 7.05 Å². The van der Waals surface area contributed by atoms with Crippen molar-refractivity contribution < 1.29 is 14.7 Å². The van der Waals surface area contributed by atoms with Gasteiger partial charge in [-0.25, -0.2) is 4.79 Å². The minimum Gasteiger partial charge on any atom is -0.480 e. The number of likely N-dealkylation sites (tertiary alicyclic amines) is 1. The van der Waals surface area contributed by atoms with Gasteiger partial charge in [-0.2, -0.15) is 5.10 Å². The van der Waals surface area contributed by atoms with Crippen LogP contribution in [0.25, 0.3) is 6.08 Å². The van der Waals surface area contributed by atoms with Crippen LogP contribution in [0.1, 0.15) is 18.5 Å². The third-order valence-electron chi connectivity index (χ3n) is 3.08. The second kappa shape index (κ2) is 5.03. The van der Waals surface area contributed by atoms with Crippen LogP contribution in [0, 0.1) is 0 Å². The average molecular weight is 249 g/mol. The van der Waals surface area contributed by atoms with E-state index in [4.69, 9.17) is 5.11 Å². The number of aliphatic carboxylic acids is 1. The maximum Gasteiger partial charge on any atom is 0.326 e. The number of amides is 1. The zero-order valence-corrected chi connectivity index (χ0v) is 10.1. The molecule has 0 spiro atoms. The van der Waals surface area contributed by atoms with Crippen LogP contribution in [0.15, 0.2) is 18.3 Å². The highest BCUT2D eigenvalue weighted by Gasteiger charge is 2.32. The highest BCUT2D eigenvalue weighted by Crippen LogP contribution is 2.18. The third-order valence-corrected chi connectivity index (χ3v) is 3.08. The molecule has 6 nitrogen and oxygen atoms in total. The van der Waals surface area contributed by atoms with Gasteiger partial charge in [-0.1, -0.05) is 0 Å². The number of aryl methyl sites for hydroxylation is 1. The lowest BCUT2D eigenvalue weighted by atomic mass is 10.2. The van der Waals surface area contributed by atoms with E-state index in [0.717, 1.165) is 12.1 Å². The van der Waals surface area contributed by atoms with E-state index in [1.165, 1.54) is 11.0 Å². The summed E-state index contributed by atoms with van der Waals surface area (Å²) in [5, 5.41) is 13.0. The second-order valence-corrected chi connectivity index (χ2v) is 4.24. The molecule has 6 heteroatoms. The maximum atomic E-state index is 11.9. The Labute approximate surface area is 105 Å². The van der Waals surface area contributed by atoms with E-state index in [9.17, 15) is 9.59 Å². The van der Waals surface area contributed by atoms with E-state index < -0.39 is 12.0 Å². The summed E-state index contributed by atoms with van der Waals surface area (Å²) in [4.78, 5) is 24.3. The summed E-state index contributed by atoms with van der Waals surface area (Å²) >= 11 is 0. The molecule has 1 aromatic rings. The Morgan fingerprint density at radius 1 is 1.56 bits per heavy atom. The highest BCUT2D eigenvalue weighted by molar-refractivity contribution is 5.94. The number of nitrogens with zero attached hydrogens (tertiary/aromatic N) is 3. The quantitative estimate of drug-likeness (QED) is 0.792. The molecule has 0 unspecified atom stereocenters. The minimum absolute atomic E-state index is 0.263. The van der Waals surface area contributed by atoms with Crippen LogP contribution in [0.4, 0.5) is 0 Å². The first-order chi connectivity index (χ1) is 8.59. The molecule has 1 aliphatic rings. The summed E-state index contributed by atoms with van der Waals surface area (Å²) in [5.41, 5.74) is 0.800. The van der Waals surface area contributed by atoms with Gasteiger partial charge in [0.25, 0.3) is 0 Å². The fraction of sp³-hybridized carbons (Fsp3) is 0.417. The molecule has 2 rings (SSSR count). The molecule has 1 saturated heterocycles. The number of hydrogen-bond donors (Lipinski definition) is 1. The number of carboxylic acid groups (broad SMARTS) is 1. The van der Waals surface area contributed by atoms with Gasteiger partial charge >= 0.3 is 5.97 Å². The fourth-order valence-electron chi connectivity index (χ4n) is 2.09. The summed E-state index contributed by atoms with van der Waals surface area (Å²) in [7, 11) is 1.78. The molecule has 1 N–H and O–H groups in total. The number of carboxylic acids is 1. The standard InChI is InChI=1S/C12H15N3O3/c1-14-9(6-7-13-14)4-5-11(16)15-8-2-3-10(15)12(17)18/h4-7,10H,2-3,8H2,1H3,(H,17,18)/b5-4-/t10-/m1/s1. The Bertz CT molecular complexity index is 493. The minimum atomic E-state index is -0.935. The maximum absolute atomic E-state index is 11.9. The Balaban J connectivity index is 2.06. The van der Waals surface area contributed by atoms with E-state index in [1.54, 1.807) is 30.1 Å². The molecule has 1 amide bonds. The zero-order valence-electron chi connectivity index (χ0n) is 10.1. The molecular weight excluding hydrogens is 234 g/mol.